The third kappa shape index (κ3) is 3.00. The minimum absolute atomic E-state index is 0.00514. The maximum atomic E-state index is 11.9. The van der Waals surface area contributed by atoms with Crippen LogP contribution in [-0.4, -0.2) is 10.9 Å². The van der Waals surface area contributed by atoms with Gasteiger partial charge in [-0.05, 0) is 29.7 Å². The summed E-state index contributed by atoms with van der Waals surface area (Å²) < 4.78 is 0. The summed E-state index contributed by atoms with van der Waals surface area (Å²) in [7, 11) is 0. The number of para-hydroxylation sites is 1. The van der Waals surface area contributed by atoms with Crippen LogP contribution in [0.5, 0.6) is 0 Å². The predicted molar refractivity (Wildman–Crippen MR) is 73.7 cm³/mol. The van der Waals surface area contributed by atoms with Crippen LogP contribution in [0.25, 0.3) is 0 Å². The Kier molecular flexibility index (Phi) is 3.82. The Labute approximate surface area is 107 Å². The fourth-order valence-electron chi connectivity index (χ4n) is 1.96. The number of H-pyrrole nitrogens is 1. The van der Waals surface area contributed by atoms with E-state index in [1.165, 1.54) is 0 Å². The van der Waals surface area contributed by atoms with Crippen LogP contribution >= 0.6 is 0 Å². The molecule has 0 spiro atoms. The number of aromatic amines is 1. The average molecular weight is 242 g/mol. The van der Waals surface area contributed by atoms with Gasteiger partial charge in [-0.25, -0.2) is 0 Å². The van der Waals surface area contributed by atoms with Crippen molar-refractivity contribution < 1.29 is 4.79 Å². The van der Waals surface area contributed by atoms with E-state index in [1.54, 1.807) is 0 Å². The third-order valence-electron chi connectivity index (χ3n) is 2.87. The van der Waals surface area contributed by atoms with Crippen LogP contribution in [0.4, 0.5) is 5.69 Å². The molecule has 2 aromatic rings. The second-order valence-corrected chi connectivity index (χ2v) is 4.66. The van der Waals surface area contributed by atoms with Crippen LogP contribution in [0, 0.1) is 0 Å². The van der Waals surface area contributed by atoms with Gasteiger partial charge in [0, 0.05) is 17.6 Å². The van der Waals surface area contributed by atoms with Gasteiger partial charge in [-0.3, -0.25) is 4.79 Å². The largest absolute Gasteiger partial charge is 0.365 e. The van der Waals surface area contributed by atoms with Crippen LogP contribution in [0.3, 0.4) is 0 Å². The topological polar surface area (TPSA) is 44.9 Å². The average Bonchev–Trinajstić information content (AvgIpc) is 2.82. The quantitative estimate of drug-likeness (QED) is 0.848. The molecule has 1 amide bonds. The van der Waals surface area contributed by atoms with Gasteiger partial charge in [-0.15, -0.1) is 0 Å². The zero-order valence-corrected chi connectivity index (χ0v) is 10.7. The van der Waals surface area contributed by atoms with Crippen molar-refractivity contribution in [1.29, 1.82) is 0 Å². The Bertz CT molecular complexity index is 515. The van der Waals surface area contributed by atoms with Crippen LogP contribution in [0.1, 0.15) is 31.0 Å². The summed E-state index contributed by atoms with van der Waals surface area (Å²) in [5.41, 5.74) is 3.00. The van der Waals surface area contributed by atoms with E-state index in [0.29, 0.717) is 12.3 Å². The van der Waals surface area contributed by atoms with Gasteiger partial charge in [0.25, 0.3) is 0 Å². The lowest BCUT2D eigenvalue weighted by Crippen LogP contribution is -2.16. The fraction of sp³-hybridized carbons (Fsp3) is 0.267. The number of anilines is 1. The van der Waals surface area contributed by atoms with E-state index < -0.39 is 0 Å². The van der Waals surface area contributed by atoms with Crippen molar-refractivity contribution >= 4 is 11.6 Å². The molecule has 1 heterocycles. The summed E-state index contributed by atoms with van der Waals surface area (Å²) in [5.74, 6) is 0.400. The normalized spacial score (nSPS) is 10.6. The van der Waals surface area contributed by atoms with Crippen molar-refractivity contribution in [3.8, 4) is 0 Å². The lowest BCUT2D eigenvalue weighted by Gasteiger charge is -2.13. The third-order valence-corrected chi connectivity index (χ3v) is 2.87. The molecule has 0 atom stereocenters. The Hall–Kier alpha value is -2.03. The molecule has 0 aliphatic heterocycles. The summed E-state index contributed by atoms with van der Waals surface area (Å²) in [4.78, 5) is 15.0. The van der Waals surface area contributed by atoms with Crippen molar-refractivity contribution in [3.63, 3.8) is 0 Å². The standard InChI is InChI=1S/C15H18N2O/c1-11(2)13-7-3-4-8-14(13)17-15(18)10-12-6-5-9-16-12/h3-9,11,16H,10H2,1-2H3,(H,17,18). The number of aromatic nitrogens is 1. The molecule has 0 bridgehead atoms. The molecule has 2 N–H and O–H groups in total. The predicted octanol–water partition coefficient (Wildman–Crippen LogP) is 3.32. The van der Waals surface area contributed by atoms with E-state index >= 15 is 0 Å². The first-order chi connectivity index (χ1) is 8.66. The number of nitrogens with one attached hydrogen (secondary N) is 2. The Morgan fingerprint density at radius 2 is 2.00 bits per heavy atom. The van der Waals surface area contributed by atoms with Crippen LogP contribution < -0.4 is 5.32 Å². The second kappa shape index (κ2) is 5.54. The molecule has 1 aromatic heterocycles. The van der Waals surface area contributed by atoms with Gasteiger partial charge in [0.1, 0.15) is 0 Å². The molecule has 2 rings (SSSR count). The number of carbonyl (C=O) groups excluding carboxylic acids is 1. The number of amides is 1. The molecule has 18 heavy (non-hydrogen) atoms. The monoisotopic (exact) mass is 242 g/mol. The van der Waals surface area contributed by atoms with Crippen molar-refractivity contribution in [3.05, 3.63) is 53.9 Å². The first kappa shape index (κ1) is 12.4. The zero-order chi connectivity index (χ0) is 13.0. The molecule has 0 radical (unpaired) electrons. The van der Waals surface area contributed by atoms with E-state index in [4.69, 9.17) is 0 Å². The van der Waals surface area contributed by atoms with Gasteiger partial charge < -0.3 is 10.3 Å². The first-order valence-electron chi connectivity index (χ1n) is 6.18. The molecular formula is C15H18N2O. The summed E-state index contributed by atoms with van der Waals surface area (Å²) in [6.07, 6.45) is 2.20. The lowest BCUT2D eigenvalue weighted by atomic mass is 10.0. The minimum Gasteiger partial charge on any atom is -0.365 e. The summed E-state index contributed by atoms with van der Waals surface area (Å²) in [6, 6.07) is 11.7. The highest BCUT2D eigenvalue weighted by Gasteiger charge is 2.09. The second-order valence-electron chi connectivity index (χ2n) is 4.66. The first-order valence-corrected chi connectivity index (χ1v) is 6.18. The van der Waals surface area contributed by atoms with Gasteiger partial charge >= 0.3 is 0 Å². The minimum atomic E-state index is 0.00514. The Morgan fingerprint density at radius 1 is 1.22 bits per heavy atom. The van der Waals surface area contributed by atoms with Gasteiger partial charge in [0.05, 0.1) is 6.42 Å². The van der Waals surface area contributed by atoms with E-state index in [2.05, 4.69) is 30.2 Å². The van der Waals surface area contributed by atoms with Crippen molar-refractivity contribution in [1.82, 2.24) is 4.98 Å². The number of carbonyl (C=O) groups is 1. The van der Waals surface area contributed by atoms with Gasteiger partial charge in [-0.1, -0.05) is 32.0 Å². The highest BCUT2D eigenvalue weighted by Crippen LogP contribution is 2.23. The number of rotatable bonds is 4. The number of hydrogen-bond acceptors (Lipinski definition) is 1. The van der Waals surface area contributed by atoms with Crippen LogP contribution in [0.15, 0.2) is 42.6 Å². The van der Waals surface area contributed by atoms with E-state index in [1.807, 2.05) is 36.5 Å². The molecule has 0 unspecified atom stereocenters. The molecule has 1 aromatic carbocycles. The molecule has 0 saturated heterocycles. The van der Waals surface area contributed by atoms with Gasteiger partial charge in [-0.2, -0.15) is 0 Å². The fourth-order valence-corrected chi connectivity index (χ4v) is 1.96. The summed E-state index contributed by atoms with van der Waals surface area (Å²) in [5, 5.41) is 2.97. The Morgan fingerprint density at radius 3 is 2.67 bits per heavy atom. The smallest absolute Gasteiger partial charge is 0.230 e. The highest BCUT2D eigenvalue weighted by molar-refractivity contribution is 5.92. The number of benzene rings is 1. The van der Waals surface area contributed by atoms with E-state index in [0.717, 1.165) is 16.9 Å². The molecule has 0 fully saturated rings. The molecule has 0 aliphatic rings. The molecular weight excluding hydrogens is 224 g/mol. The van der Waals surface area contributed by atoms with Crippen molar-refractivity contribution in [2.75, 3.05) is 5.32 Å². The van der Waals surface area contributed by atoms with Crippen LogP contribution in [0.2, 0.25) is 0 Å². The molecule has 0 aliphatic carbocycles. The molecule has 94 valence electrons. The zero-order valence-electron chi connectivity index (χ0n) is 10.7. The SMILES string of the molecule is CC(C)c1ccccc1NC(=O)Cc1ccc[nH]1. The summed E-state index contributed by atoms with van der Waals surface area (Å²) in [6.45, 7) is 4.24. The maximum absolute atomic E-state index is 11.9. The van der Waals surface area contributed by atoms with Crippen molar-refractivity contribution in [2.24, 2.45) is 0 Å². The molecule has 3 heteroatoms. The Balaban J connectivity index is 2.07. The van der Waals surface area contributed by atoms with E-state index in [9.17, 15) is 4.79 Å². The van der Waals surface area contributed by atoms with Gasteiger partial charge in [0.15, 0.2) is 0 Å². The maximum Gasteiger partial charge on any atom is 0.230 e. The molecule has 0 saturated carbocycles. The summed E-state index contributed by atoms with van der Waals surface area (Å²) >= 11 is 0. The van der Waals surface area contributed by atoms with Gasteiger partial charge in [0.2, 0.25) is 5.91 Å². The molecule has 3 nitrogen and oxygen atoms in total. The van der Waals surface area contributed by atoms with Crippen molar-refractivity contribution in [2.45, 2.75) is 26.2 Å². The lowest BCUT2D eigenvalue weighted by molar-refractivity contribution is -0.115. The number of hydrogen-bond donors (Lipinski definition) is 2. The highest BCUT2D eigenvalue weighted by atomic mass is 16.1. The van der Waals surface area contributed by atoms with E-state index in [-0.39, 0.29) is 5.91 Å². The van der Waals surface area contributed by atoms with Crippen LogP contribution in [-0.2, 0) is 11.2 Å².